The molecule has 120 valence electrons. The van der Waals surface area contributed by atoms with E-state index in [-0.39, 0.29) is 11.2 Å². The molecule has 7 nitrogen and oxygen atoms in total. The van der Waals surface area contributed by atoms with Gasteiger partial charge in [0.1, 0.15) is 5.82 Å². The SMILES string of the molecule is Cc1nc2c(c(=O)[nH]1)CN(Cc1ccc(Cl)cc1[N+](=O)[O-])CC2. The van der Waals surface area contributed by atoms with Crippen molar-refractivity contribution in [2.45, 2.75) is 26.4 Å². The molecule has 0 atom stereocenters. The van der Waals surface area contributed by atoms with Crippen LogP contribution in [-0.4, -0.2) is 26.3 Å². The van der Waals surface area contributed by atoms with Crippen molar-refractivity contribution >= 4 is 17.3 Å². The molecule has 0 saturated heterocycles. The number of benzene rings is 1. The molecule has 8 heteroatoms. The van der Waals surface area contributed by atoms with E-state index in [0.717, 1.165) is 5.69 Å². The predicted molar refractivity (Wildman–Crippen MR) is 85.5 cm³/mol. The molecule has 2 heterocycles. The number of fused-ring (bicyclic) bond motifs is 1. The van der Waals surface area contributed by atoms with E-state index in [1.807, 2.05) is 4.90 Å². The molecule has 1 aliphatic rings. The quantitative estimate of drug-likeness (QED) is 0.686. The number of aromatic amines is 1. The van der Waals surface area contributed by atoms with Crippen LogP contribution >= 0.6 is 11.6 Å². The van der Waals surface area contributed by atoms with Crippen molar-refractivity contribution in [2.24, 2.45) is 0 Å². The fourth-order valence-electron chi connectivity index (χ4n) is 2.82. The molecule has 0 amide bonds. The molecule has 3 rings (SSSR count). The molecule has 23 heavy (non-hydrogen) atoms. The van der Waals surface area contributed by atoms with Gasteiger partial charge < -0.3 is 4.98 Å². The number of hydrogen-bond acceptors (Lipinski definition) is 5. The van der Waals surface area contributed by atoms with Gasteiger partial charge in [0.15, 0.2) is 0 Å². The molecule has 0 unspecified atom stereocenters. The Morgan fingerprint density at radius 2 is 2.26 bits per heavy atom. The Kier molecular flexibility index (Phi) is 4.14. The van der Waals surface area contributed by atoms with Gasteiger partial charge in [-0.3, -0.25) is 19.8 Å². The molecule has 0 spiro atoms. The lowest BCUT2D eigenvalue weighted by atomic mass is 10.1. The van der Waals surface area contributed by atoms with Crippen molar-refractivity contribution < 1.29 is 4.92 Å². The number of aryl methyl sites for hydroxylation is 1. The second-order valence-corrected chi connectivity index (χ2v) is 6.00. The predicted octanol–water partition coefficient (Wildman–Crippen LogP) is 2.20. The van der Waals surface area contributed by atoms with Crippen molar-refractivity contribution in [2.75, 3.05) is 6.54 Å². The monoisotopic (exact) mass is 334 g/mol. The molecule has 1 N–H and O–H groups in total. The summed E-state index contributed by atoms with van der Waals surface area (Å²) >= 11 is 5.83. The lowest BCUT2D eigenvalue weighted by Crippen LogP contribution is -2.35. The summed E-state index contributed by atoms with van der Waals surface area (Å²) in [6.07, 6.45) is 0.654. The normalized spacial score (nSPS) is 14.5. The van der Waals surface area contributed by atoms with Gasteiger partial charge in [0, 0.05) is 42.7 Å². The van der Waals surface area contributed by atoms with E-state index in [4.69, 9.17) is 11.6 Å². The number of nitro groups is 1. The third-order valence-corrected chi connectivity index (χ3v) is 4.14. The molecular formula is C15H15ClN4O3. The summed E-state index contributed by atoms with van der Waals surface area (Å²) in [6.45, 7) is 3.27. The average molecular weight is 335 g/mol. The van der Waals surface area contributed by atoms with Crippen LogP contribution in [0.5, 0.6) is 0 Å². The highest BCUT2D eigenvalue weighted by molar-refractivity contribution is 6.30. The van der Waals surface area contributed by atoms with Crippen LogP contribution in [-0.2, 0) is 19.5 Å². The van der Waals surface area contributed by atoms with Gasteiger partial charge in [0.2, 0.25) is 0 Å². The maximum atomic E-state index is 12.1. The minimum absolute atomic E-state index is 0.000706. The van der Waals surface area contributed by atoms with Crippen molar-refractivity contribution in [3.8, 4) is 0 Å². The summed E-state index contributed by atoms with van der Waals surface area (Å²) in [5.74, 6) is 0.607. The number of nitrogens with zero attached hydrogens (tertiary/aromatic N) is 3. The largest absolute Gasteiger partial charge is 0.310 e. The van der Waals surface area contributed by atoms with E-state index in [9.17, 15) is 14.9 Å². The minimum atomic E-state index is -0.434. The van der Waals surface area contributed by atoms with Gasteiger partial charge in [-0.05, 0) is 19.1 Å². The molecule has 1 aromatic heterocycles. The first-order valence-electron chi connectivity index (χ1n) is 7.18. The van der Waals surface area contributed by atoms with Gasteiger partial charge >= 0.3 is 0 Å². The van der Waals surface area contributed by atoms with Gasteiger partial charge in [-0.25, -0.2) is 4.98 Å². The van der Waals surface area contributed by atoms with Crippen LogP contribution in [0.25, 0.3) is 0 Å². The van der Waals surface area contributed by atoms with Gasteiger partial charge in [0.25, 0.3) is 11.2 Å². The summed E-state index contributed by atoms with van der Waals surface area (Å²) in [5.41, 5.74) is 1.90. The Labute approximate surface area is 137 Å². The highest BCUT2D eigenvalue weighted by atomic mass is 35.5. The van der Waals surface area contributed by atoms with Crippen LogP contribution < -0.4 is 5.56 Å². The topological polar surface area (TPSA) is 92.1 Å². The van der Waals surface area contributed by atoms with E-state index in [1.165, 1.54) is 6.07 Å². The summed E-state index contributed by atoms with van der Waals surface area (Å²) in [6, 6.07) is 4.65. The van der Waals surface area contributed by atoms with Crippen molar-refractivity contribution in [1.82, 2.24) is 14.9 Å². The Morgan fingerprint density at radius 1 is 1.48 bits per heavy atom. The lowest BCUT2D eigenvalue weighted by molar-refractivity contribution is -0.385. The van der Waals surface area contributed by atoms with Gasteiger partial charge in [-0.2, -0.15) is 0 Å². The van der Waals surface area contributed by atoms with E-state index >= 15 is 0 Å². The fraction of sp³-hybridized carbons (Fsp3) is 0.333. The molecule has 0 saturated carbocycles. The molecular weight excluding hydrogens is 320 g/mol. The highest BCUT2D eigenvalue weighted by Crippen LogP contribution is 2.26. The molecule has 1 aliphatic heterocycles. The van der Waals surface area contributed by atoms with E-state index in [2.05, 4.69) is 9.97 Å². The number of rotatable bonds is 3. The summed E-state index contributed by atoms with van der Waals surface area (Å²) in [7, 11) is 0. The van der Waals surface area contributed by atoms with Crippen molar-refractivity contribution in [1.29, 1.82) is 0 Å². The first-order chi connectivity index (χ1) is 10.9. The molecule has 0 aliphatic carbocycles. The third kappa shape index (κ3) is 3.25. The average Bonchev–Trinajstić information content (AvgIpc) is 2.49. The minimum Gasteiger partial charge on any atom is -0.310 e. The van der Waals surface area contributed by atoms with E-state index < -0.39 is 4.92 Å². The number of aromatic nitrogens is 2. The second-order valence-electron chi connectivity index (χ2n) is 5.57. The first kappa shape index (κ1) is 15.6. The Balaban J connectivity index is 1.86. The van der Waals surface area contributed by atoms with Gasteiger partial charge in [-0.1, -0.05) is 11.6 Å². The van der Waals surface area contributed by atoms with Crippen LogP contribution in [0.1, 0.15) is 22.6 Å². The number of nitro benzene ring substituents is 1. The zero-order valence-electron chi connectivity index (χ0n) is 12.5. The summed E-state index contributed by atoms with van der Waals surface area (Å²) in [4.78, 5) is 31.9. The van der Waals surface area contributed by atoms with Gasteiger partial charge in [0.05, 0.1) is 16.2 Å². The van der Waals surface area contributed by atoms with Crippen LogP contribution in [0.15, 0.2) is 23.0 Å². The van der Waals surface area contributed by atoms with E-state index in [1.54, 1.807) is 19.1 Å². The summed E-state index contributed by atoms with van der Waals surface area (Å²) < 4.78 is 0. The van der Waals surface area contributed by atoms with Crippen LogP contribution in [0.2, 0.25) is 5.02 Å². The molecule has 2 aromatic rings. The molecule has 0 fully saturated rings. The highest BCUT2D eigenvalue weighted by Gasteiger charge is 2.23. The number of hydrogen-bond donors (Lipinski definition) is 1. The Bertz CT molecular complexity index is 834. The molecule has 1 aromatic carbocycles. The molecule has 0 bridgehead atoms. The van der Waals surface area contributed by atoms with Crippen LogP contribution in [0, 0.1) is 17.0 Å². The van der Waals surface area contributed by atoms with E-state index in [0.29, 0.717) is 48.0 Å². The lowest BCUT2D eigenvalue weighted by Gasteiger charge is -2.27. The fourth-order valence-corrected chi connectivity index (χ4v) is 2.99. The zero-order chi connectivity index (χ0) is 16.6. The third-order valence-electron chi connectivity index (χ3n) is 3.90. The summed E-state index contributed by atoms with van der Waals surface area (Å²) in [5, 5.41) is 11.5. The Morgan fingerprint density at radius 3 is 3.00 bits per heavy atom. The molecule has 0 radical (unpaired) electrons. The number of halogens is 1. The standard InChI is InChI=1S/C15H15ClN4O3/c1-9-17-13-4-5-19(8-12(13)15(21)18-9)7-10-2-3-11(16)6-14(10)20(22)23/h2-3,6H,4-5,7-8H2,1H3,(H,17,18,21). The van der Waals surface area contributed by atoms with Crippen molar-refractivity contribution in [3.05, 3.63) is 66.3 Å². The van der Waals surface area contributed by atoms with Gasteiger partial charge in [-0.15, -0.1) is 0 Å². The maximum absolute atomic E-state index is 12.1. The second kappa shape index (κ2) is 6.10. The smallest absolute Gasteiger partial charge is 0.275 e. The maximum Gasteiger partial charge on any atom is 0.275 e. The Hall–Kier alpha value is -2.25. The number of H-pyrrole nitrogens is 1. The first-order valence-corrected chi connectivity index (χ1v) is 7.55. The zero-order valence-corrected chi connectivity index (χ0v) is 13.3. The van der Waals surface area contributed by atoms with Crippen LogP contribution in [0.3, 0.4) is 0 Å². The van der Waals surface area contributed by atoms with Crippen molar-refractivity contribution in [3.63, 3.8) is 0 Å². The van der Waals surface area contributed by atoms with Crippen LogP contribution in [0.4, 0.5) is 5.69 Å². The number of nitrogens with one attached hydrogen (secondary N) is 1.